The third kappa shape index (κ3) is 2.19. The number of carbonyl (C=O) groups excluding carboxylic acids is 1. The minimum absolute atomic E-state index is 0.00926. The van der Waals surface area contributed by atoms with Gasteiger partial charge in [0, 0.05) is 5.02 Å². The topological polar surface area (TPSA) is 43.1 Å². The molecular weight excluding hydrogens is 217 g/mol. The van der Waals surface area contributed by atoms with Gasteiger partial charge in [0.05, 0.1) is 11.6 Å². The molecule has 0 heterocycles. The number of nitrogens with two attached hydrogens (primary N) is 1. The number of benzene rings is 1. The van der Waals surface area contributed by atoms with Crippen LogP contribution in [0.3, 0.4) is 0 Å². The van der Waals surface area contributed by atoms with Crippen molar-refractivity contribution >= 4 is 17.4 Å². The summed E-state index contributed by atoms with van der Waals surface area (Å²) in [7, 11) is 0. The molecule has 0 aromatic heterocycles. The van der Waals surface area contributed by atoms with Crippen LogP contribution in [0.1, 0.15) is 28.4 Å². The molecule has 0 aliphatic carbocycles. The number of hydrogen-bond acceptors (Lipinski definition) is 2. The summed E-state index contributed by atoms with van der Waals surface area (Å²) in [5, 5.41) is 0.387. The van der Waals surface area contributed by atoms with Crippen LogP contribution in [0.4, 0.5) is 4.39 Å². The van der Waals surface area contributed by atoms with Crippen LogP contribution in [0.15, 0.2) is 6.07 Å². The summed E-state index contributed by atoms with van der Waals surface area (Å²) in [4.78, 5) is 11.7. The first-order valence-electron chi connectivity index (χ1n) is 4.61. The molecule has 0 fully saturated rings. The van der Waals surface area contributed by atoms with Crippen LogP contribution >= 0.6 is 11.6 Å². The number of Topliss-reactive ketones (excluding diaryl/α,β-unsaturated/α-hetero) is 1. The van der Waals surface area contributed by atoms with Gasteiger partial charge in [-0.3, -0.25) is 4.79 Å². The van der Waals surface area contributed by atoms with Crippen LogP contribution in [0.25, 0.3) is 0 Å². The fraction of sp³-hybridized carbons (Fsp3) is 0.364. The van der Waals surface area contributed by atoms with Crippen molar-refractivity contribution < 1.29 is 9.18 Å². The molecule has 0 saturated carbocycles. The van der Waals surface area contributed by atoms with E-state index in [1.165, 1.54) is 13.0 Å². The van der Waals surface area contributed by atoms with Crippen molar-refractivity contribution in [3.8, 4) is 0 Å². The summed E-state index contributed by atoms with van der Waals surface area (Å²) in [6.45, 7) is 4.70. The van der Waals surface area contributed by atoms with E-state index in [2.05, 4.69) is 0 Å². The van der Waals surface area contributed by atoms with E-state index < -0.39 is 17.6 Å². The molecule has 1 aromatic carbocycles. The average Bonchev–Trinajstić information content (AvgIpc) is 2.15. The highest BCUT2D eigenvalue weighted by atomic mass is 35.5. The Balaban J connectivity index is 3.46. The van der Waals surface area contributed by atoms with Crippen LogP contribution in [0, 0.1) is 19.7 Å². The molecule has 1 unspecified atom stereocenters. The van der Waals surface area contributed by atoms with Crippen molar-refractivity contribution in [2.45, 2.75) is 26.8 Å². The van der Waals surface area contributed by atoms with Gasteiger partial charge >= 0.3 is 0 Å². The Labute approximate surface area is 93.2 Å². The zero-order valence-electron chi connectivity index (χ0n) is 8.90. The zero-order chi connectivity index (χ0) is 11.7. The van der Waals surface area contributed by atoms with E-state index in [4.69, 9.17) is 17.3 Å². The normalized spacial score (nSPS) is 12.7. The molecule has 0 spiro atoms. The van der Waals surface area contributed by atoms with E-state index in [9.17, 15) is 9.18 Å². The van der Waals surface area contributed by atoms with Gasteiger partial charge in [-0.05, 0) is 38.0 Å². The Hall–Kier alpha value is -0.930. The fourth-order valence-corrected chi connectivity index (χ4v) is 1.62. The molecule has 0 aliphatic heterocycles. The monoisotopic (exact) mass is 229 g/mol. The van der Waals surface area contributed by atoms with E-state index in [1.54, 1.807) is 13.8 Å². The van der Waals surface area contributed by atoms with Gasteiger partial charge in [0.25, 0.3) is 0 Å². The predicted octanol–water partition coefficient (Wildman–Crippen LogP) is 2.63. The Kier molecular flexibility index (Phi) is 3.47. The maximum Gasteiger partial charge on any atom is 0.182 e. The Morgan fingerprint density at radius 2 is 2.07 bits per heavy atom. The van der Waals surface area contributed by atoms with E-state index in [0.717, 1.165) is 0 Å². The second kappa shape index (κ2) is 4.29. The highest BCUT2D eigenvalue weighted by molar-refractivity contribution is 6.32. The lowest BCUT2D eigenvalue weighted by Crippen LogP contribution is -2.28. The lowest BCUT2D eigenvalue weighted by molar-refractivity contribution is 0.0963. The largest absolute Gasteiger partial charge is 0.321 e. The summed E-state index contributed by atoms with van der Waals surface area (Å²) in [5.41, 5.74) is 6.26. The highest BCUT2D eigenvalue weighted by Gasteiger charge is 2.21. The molecule has 82 valence electrons. The molecule has 0 aliphatic rings. The number of hydrogen-bond donors (Lipinski definition) is 1. The molecule has 2 N–H and O–H groups in total. The number of carbonyl (C=O) groups is 1. The summed E-state index contributed by atoms with van der Waals surface area (Å²) in [6.07, 6.45) is 0. The Bertz CT molecular complexity index is 389. The lowest BCUT2D eigenvalue weighted by Gasteiger charge is -2.12. The van der Waals surface area contributed by atoms with Gasteiger partial charge in [0.1, 0.15) is 5.82 Å². The quantitative estimate of drug-likeness (QED) is 0.793. The maximum absolute atomic E-state index is 13.7. The summed E-state index contributed by atoms with van der Waals surface area (Å²) < 4.78 is 13.7. The highest BCUT2D eigenvalue weighted by Crippen LogP contribution is 2.25. The zero-order valence-corrected chi connectivity index (χ0v) is 9.65. The molecule has 0 radical (unpaired) electrons. The second-order valence-corrected chi connectivity index (χ2v) is 4.05. The smallest absolute Gasteiger partial charge is 0.182 e. The van der Waals surface area contributed by atoms with Crippen LogP contribution in [0.2, 0.25) is 5.02 Å². The molecule has 4 heteroatoms. The van der Waals surface area contributed by atoms with E-state index in [-0.39, 0.29) is 5.56 Å². The van der Waals surface area contributed by atoms with Gasteiger partial charge in [-0.25, -0.2) is 4.39 Å². The van der Waals surface area contributed by atoms with E-state index in [1.807, 2.05) is 0 Å². The van der Waals surface area contributed by atoms with Crippen LogP contribution in [0.5, 0.6) is 0 Å². The summed E-state index contributed by atoms with van der Waals surface area (Å²) in [5.74, 6) is -0.949. The first kappa shape index (κ1) is 12.1. The van der Waals surface area contributed by atoms with Crippen molar-refractivity contribution in [2.75, 3.05) is 0 Å². The van der Waals surface area contributed by atoms with Crippen LogP contribution in [-0.4, -0.2) is 11.8 Å². The van der Waals surface area contributed by atoms with Gasteiger partial charge in [-0.1, -0.05) is 11.6 Å². The molecule has 1 aromatic rings. The Morgan fingerprint density at radius 1 is 1.53 bits per heavy atom. The molecule has 15 heavy (non-hydrogen) atoms. The van der Waals surface area contributed by atoms with Crippen molar-refractivity contribution in [3.05, 3.63) is 33.6 Å². The van der Waals surface area contributed by atoms with Gasteiger partial charge in [-0.2, -0.15) is 0 Å². The summed E-state index contributed by atoms with van der Waals surface area (Å²) >= 11 is 5.88. The van der Waals surface area contributed by atoms with Gasteiger partial charge in [-0.15, -0.1) is 0 Å². The first-order valence-corrected chi connectivity index (χ1v) is 4.99. The SMILES string of the molecule is Cc1cc(Cl)c(C)c(C(=O)C(C)N)c1F. The first-order chi connectivity index (χ1) is 6.86. The van der Waals surface area contributed by atoms with Gasteiger partial charge in [0.2, 0.25) is 0 Å². The molecular formula is C11H13ClFNO. The lowest BCUT2D eigenvalue weighted by atomic mass is 9.97. The van der Waals surface area contributed by atoms with Crippen molar-refractivity contribution in [3.63, 3.8) is 0 Å². The molecule has 2 nitrogen and oxygen atoms in total. The average molecular weight is 230 g/mol. The molecule has 0 saturated heterocycles. The van der Waals surface area contributed by atoms with E-state index in [0.29, 0.717) is 16.1 Å². The van der Waals surface area contributed by atoms with Crippen molar-refractivity contribution in [1.82, 2.24) is 0 Å². The Morgan fingerprint density at radius 3 is 2.53 bits per heavy atom. The number of ketones is 1. The number of aryl methyl sites for hydroxylation is 1. The van der Waals surface area contributed by atoms with Crippen LogP contribution in [-0.2, 0) is 0 Å². The second-order valence-electron chi connectivity index (χ2n) is 3.64. The number of halogens is 2. The van der Waals surface area contributed by atoms with Crippen molar-refractivity contribution in [1.29, 1.82) is 0 Å². The molecule has 1 atom stereocenters. The predicted molar refractivity (Wildman–Crippen MR) is 58.9 cm³/mol. The van der Waals surface area contributed by atoms with Gasteiger partial charge in [0.15, 0.2) is 5.78 Å². The van der Waals surface area contributed by atoms with Crippen LogP contribution < -0.4 is 5.73 Å². The maximum atomic E-state index is 13.7. The third-order valence-corrected chi connectivity index (χ3v) is 2.69. The molecule has 0 bridgehead atoms. The third-order valence-electron chi connectivity index (χ3n) is 2.30. The molecule has 1 rings (SSSR count). The minimum Gasteiger partial charge on any atom is -0.321 e. The van der Waals surface area contributed by atoms with Gasteiger partial charge < -0.3 is 5.73 Å². The van der Waals surface area contributed by atoms with E-state index >= 15 is 0 Å². The standard InChI is InChI=1S/C11H13ClFNO/c1-5-4-8(12)6(2)9(10(5)13)11(15)7(3)14/h4,7H,14H2,1-3H3. The fourth-order valence-electron chi connectivity index (χ4n) is 1.36. The number of rotatable bonds is 2. The van der Waals surface area contributed by atoms with Crippen molar-refractivity contribution in [2.24, 2.45) is 5.73 Å². The molecule has 0 amide bonds. The minimum atomic E-state index is -0.726. The summed E-state index contributed by atoms with van der Waals surface area (Å²) in [6, 6.07) is 0.778.